The van der Waals surface area contributed by atoms with Crippen molar-refractivity contribution in [2.75, 3.05) is 13.2 Å². The van der Waals surface area contributed by atoms with Gasteiger partial charge in [0.25, 0.3) is 0 Å². The first-order valence-electron chi connectivity index (χ1n) is 9.25. The Labute approximate surface area is 166 Å². The third kappa shape index (κ3) is 5.91. The standard InChI is InChI=1S/C21H21F2NO5/c22-21(23)29-17-5-2-1-4-15(17)13-24-20(26)9-7-16(25)14-6-8-18-19(12-14)28-11-3-10-27-18/h1-2,4-6,8,12,21H,3,7,9-11,13H2,(H,24,26). The Morgan fingerprint density at radius 3 is 2.59 bits per heavy atom. The molecule has 0 saturated heterocycles. The molecule has 2 aromatic rings. The molecule has 8 heteroatoms. The zero-order valence-corrected chi connectivity index (χ0v) is 15.7. The third-order valence-electron chi connectivity index (χ3n) is 4.31. The summed E-state index contributed by atoms with van der Waals surface area (Å²) in [5, 5.41) is 2.62. The molecule has 0 saturated carbocycles. The molecule has 0 spiro atoms. The Morgan fingerprint density at radius 2 is 1.79 bits per heavy atom. The first kappa shape index (κ1) is 20.6. The van der Waals surface area contributed by atoms with E-state index in [-0.39, 0.29) is 36.8 Å². The number of ketones is 1. The van der Waals surface area contributed by atoms with Crippen molar-refractivity contribution in [3.8, 4) is 17.2 Å². The van der Waals surface area contributed by atoms with Crippen molar-refractivity contribution in [3.05, 3.63) is 53.6 Å². The van der Waals surface area contributed by atoms with E-state index in [1.165, 1.54) is 6.07 Å². The highest BCUT2D eigenvalue weighted by Gasteiger charge is 2.16. The largest absolute Gasteiger partial charge is 0.490 e. The lowest BCUT2D eigenvalue weighted by Gasteiger charge is -2.11. The molecule has 29 heavy (non-hydrogen) atoms. The second-order valence-corrected chi connectivity index (χ2v) is 6.40. The highest BCUT2D eigenvalue weighted by molar-refractivity contribution is 5.98. The Morgan fingerprint density at radius 1 is 1.03 bits per heavy atom. The number of benzene rings is 2. The number of rotatable bonds is 8. The first-order valence-corrected chi connectivity index (χ1v) is 9.25. The predicted molar refractivity (Wildman–Crippen MR) is 101 cm³/mol. The fraction of sp³-hybridized carbons (Fsp3) is 0.333. The fourth-order valence-electron chi connectivity index (χ4n) is 2.85. The summed E-state index contributed by atoms with van der Waals surface area (Å²) in [5.41, 5.74) is 0.869. The van der Waals surface area contributed by atoms with Crippen LogP contribution in [-0.4, -0.2) is 31.5 Å². The van der Waals surface area contributed by atoms with E-state index in [2.05, 4.69) is 10.1 Å². The van der Waals surface area contributed by atoms with E-state index in [0.717, 1.165) is 6.42 Å². The second kappa shape index (κ2) is 9.86. The zero-order chi connectivity index (χ0) is 20.6. The summed E-state index contributed by atoms with van der Waals surface area (Å²) < 4.78 is 40.4. The van der Waals surface area contributed by atoms with Crippen LogP contribution in [0.25, 0.3) is 0 Å². The molecule has 154 valence electrons. The summed E-state index contributed by atoms with van der Waals surface area (Å²) >= 11 is 0. The number of hydrogen-bond donors (Lipinski definition) is 1. The normalized spacial score (nSPS) is 12.9. The van der Waals surface area contributed by atoms with Gasteiger partial charge in [-0.2, -0.15) is 8.78 Å². The third-order valence-corrected chi connectivity index (χ3v) is 4.31. The number of nitrogens with one attached hydrogen (secondary N) is 1. The number of amides is 1. The van der Waals surface area contributed by atoms with Crippen LogP contribution in [0.4, 0.5) is 8.78 Å². The molecular weight excluding hydrogens is 384 g/mol. The van der Waals surface area contributed by atoms with Crippen molar-refractivity contribution in [2.24, 2.45) is 0 Å². The summed E-state index contributed by atoms with van der Waals surface area (Å²) in [6.07, 6.45) is 0.759. The van der Waals surface area contributed by atoms with Gasteiger partial charge in [0.05, 0.1) is 13.2 Å². The first-order chi connectivity index (χ1) is 14.0. The van der Waals surface area contributed by atoms with Gasteiger partial charge in [-0.1, -0.05) is 18.2 Å². The van der Waals surface area contributed by atoms with E-state index in [0.29, 0.717) is 35.8 Å². The van der Waals surface area contributed by atoms with Gasteiger partial charge in [-0.3, -0.25) is 9.59 Å². The van der Waals surface area contributed by atoms with Gasteiger partial charge in [0.2, 0.25) is 5.91 Å². The van der Waals surface area contributed by atoms with Crippen molar-refractivity contribution in [2.45, 2.75) is 32.4 Å². The van der Waals surface area contributed by atoms with Crippen LogP contribution in [0.2, 0.25) is 0 Å². The van der Waals surface area contributed by atoms with Gasteiger partial charge >= 0.3 is 6.61 Å². The molecule has 0 atom stereocenters. The summed E-state index contributed by atoms with van der Waals surface area (Å²) in [6, 6.07) is 11.2. The zero-order valence-electron chi connectivity index (χ0n) is 15.7. The van der Waals surface area contributed by atoms with E-state index in [4.69, 9.17) is 9.47 Å². The average molecular weight is 405 g/mol. The maximum atomic E-state index is 12.4. The molecule has 0 aliphatic carbocycles. The quantitative estimate of drug-likeness (QED) is 0.678. The number of carbonyl (C=O) groups excluding carboxylic acids is 2. The van der Waals surface area contributed by atoms with Crippen molar-refractivity contribution in [1.29, 1.82) is 0 Å². The van der Waals surface area contributed by atoms with E-state index in [9.17, 15) is 18.4 Å². The van der Waals surface area contributed by atoms with Gasteiger partial charge in [-0.05, 0) is 24.3 Å². The summed E-state index contributed by atoms with van der Waals surface area (Å²) in [6.45, 7) is -1.84. The molecule has 6 nitrogen and oxygen atoms in total. The van der Waals surface area contributed by atoms with Crippen molar-refractivity contribution in [3.63, 3.8) is 0 Å². The minimum absolute atomic E-state index is 0.00562. The summed E-state index contributed by atoms with van der Waals surface area (Å²) in [5.74, 6) is 0.567. The Balaban J connectivity index is 1.51. The Hall–Kier alpha value is -3.16. The van der Waals surface area contributed by atoms with Gasteiger partial charge in [0.15, 0.2) is 17.3 Å². The van der Waals surface area contributed by atoms with Gasteiger partial charge in [-0.25, -0.2) is 0 Å². The number of fused-ring (bicyclic) bond motifs is 1. The van der Waals surface area contributed by atoms with Crippen LogP contribution in [0.5, 0.6) is 17.2 Å². The molecule has 1 amide bonds. The van der Waals surface area contributed by atoms with Gasteiger partial charge in [0.1, 0.15) is 5.75 Å². The molecule has 1 heterocycles. The number of para-hydroxylation sites is 1. The molecule has 0 fully saturated rings. The number of ether oxygens (including phenoxy) is 3. The van der Waals surface area contributed by atoms with Gasteiger partial charge in [0, 0.05) is 36.9 Å². The lowest BCUT2D eigenvalue weighted by atomic mass is 10.1. The number of hydrogen-bond acceptors (Lipinski definition) is 5. The van der Waals surface area contributed by atoms with Crippen LogP contribution in [0, 0.1) is 0 Å². The van der Waals surface area contributed by atoms with Crippen LogP contribution < -0.4 is 19.5 Å². The van der Waals surface area contributed by atoms with Crippen LogP contribution in [-0.2, 0) is 11.3 Å². The number of carbonyl (C=O) groups is 2. The SMILES string of the molecule is O=C(CCC(=O)c1ccc2c(c1)OCCCO2)NCc1ccccc1OC(F)F. The van der Waals surface area contributed by atoms with Crippen molar-refractivity contribution >= 4 is 11.7 Å². The highest BCUT2D eigenvalue weighted by atomic mass is 19.3. The van der Waals surface area contributed by atoms with Crippen LogP contribution >= 0.6 is 0 Å². The molecular formula is C21H21F2NO5. The molecule has 2 aromatic carbocycles. The second-order valence-electron chi connectivity index (χ2n) is 6.40. The van der Waals surface area contributed by atoms with Crippen molar-refractivity contribution in [1.82, 2.24) is 5.32 Å². The van der Waals surface area contributed by atoms with Gasteiger partial charge < -0.3 is 19.5 Å². The summed E-state index contributed by atoms with van der Waals surface area (Å²) in [7, 11) is 0. The molecule has 1 aliphatic rings. The predicted octanol–water partition coefficient (Wildman–Crippen LogP) is 3.73. The van der Waals surface area contributed by atoms with E-state index in [1.54, 1.807) is 36.4 Å². The molecule has 0 unspecified atom stereocenters. The maximum absolute atomic E-state index is 12.4. The molecule has 0 aromatic heterocycles. The summed E-state index contributed by atoms with van der Waals surface area (Å²) in [4.78, 5) is 24.5. The Kier molecular flexibility index (Phi) is 6.99. The molecule has 1 aliphatic heterocycles. The molecule has 0 bridgehead atoms. The molecule has 0 radical (unpaired) electrons. The van der Waals surface area contributed by atoms with Crippen molar-refractivity contribution < 1.29 is 32.6 Å². The van der Waals surface area contributed by atoms with Crippen LogP contribution in [0.15, 0.2) is 42.5 Å². The van der Waals surface area contributed by atoms with Crippen LogP contribution in [0.1, 0.15) is 35.2 Å². The number of alkyl halides is 2. The number of Topliss-reactive ketones (excluding diaryl/α,β-unsaturated/α-hetero) is 1. The Bertz CT molecular complexity index is 872. The maximum Gasteiger partial charge on any atom is 0.387 e. The average Bonchev–Trinajstić information content (AvgIpc) is 2.95. The highest BCUT2D eigenvalue weighted by Crippen LogP contribution is 2.30. The van der Waals surface area contributed by atoms with E-state index >= 15 is 0 Å². The molecule has 3 rings (SSSR count). The van der Waals surface area contributed by atoms with Crippen LogP contribution in [0.3, 0.4) is 0 Å². The fourth-order valence-corrected chi connectivity index (χ4v) is 2.85. The van der Waals surface area contributed by atoms with Gasteiger partial charge in [-0.15, -0.1) is 0 Å². The minimum atomic E-state index is -2.94. The monoisotopic (exact) mass is 405 g/mol. The van der Waals surface area contributed by atoms with E-state index < -0.39 is 6.61 Å². The topological polar surface area (TPSA) is 73.9 Å². The minimum Gasteiger partial charge on any atom is -0.490 e. The lowest BCUT2D eigenvalue weighted by molar-refractivity contribution is -0.121. The smallest absolute Gasteiger partial charge is 0.387 e. The number of halogens is 2. The molecule has 1 N–H and O–H groups in total. The lowest BCUT2D eigenvalue weighted by Crippen LogP contribution is -2.23. The van der Waals surface area contributed by atoms with E-state index in [1.807, 2.05) is 0 Å².